The van der Waals surface area contributed by atoms with Crippen LogP contribution in [0.5, 0.6) is 5.75 Å². The molecule has 2 aromatic rings. The highest BCUT2D eigenvalue weighted by Gasteiger charge is 2.28. The molecule has 1 aromatic heterocycles. The minimum Gasteiger partial charge on any atom is -0.484 e. The molecule has 0 unspecified atom stereocenters. The maximum atomic E-state index is 12.1. The number of nitrogens with one attached hydrogen (secondary N) is 1. The summed E-state index contributed by atoms with van der Waals surface area (Å²) in [5.41, 5.74) is 0.247. The van der Waals surface area contributed by atoms with E-state index in [9.17, 15) is 18.0 Å². The molecule has 130 valence electrons. The number of benzene rings is 1. The molecule has 0 aliphatic rings. The van der Waals surface area contributed by atoms with Crippen LogP contribution in [0.3, 0.4) is 0 Å². The molecule has 1 heterocycles. The number of amides is 1. The monoisotopic (exact) mass is 405 g/mol. The Hall–Kier alpha value is -2.03. The zero-order valence-electron chi connectivity index (χ0n) is 12.5. The molecule has 1 amide bonds. The summed E-state index contributed by atoms with van der Waals surface area (Å²) in [6, 6.07) is 5.64. The molecule has 9 heteroatoms. The molecule has 0 radical (unpaired) electrons. The molecule has 0 aliphatic heterocycles. The highest BCUT2D eigenvalue weighted by molar-refractivity contribution is 9.10. The standard InChI is InChI=1S/C15H15BrF3N3O2/c16-12-8-21-22(9-12)6-2-5-20-14(23)11-3-1-4-13(7-11)24-10-15(17,18)19/h1,3-4,7-9H,2,5-6,10H2,(H,20,23). The van der Waals surface area contributed by atoms with Crippen LogP contribution in [0.1, 0.15) is 16.8 Å². The molecule has 1 N–H and O–H groups in total. The second kappa shape index (κ2) is 8.18. The van der Waals surface area contributed by atoms with Gasteiger partial charge in [-0.3, -0.25) is 9.48 Å². The van der Waals surface area contributed by atoms with Crippen LogP contribution in [0.15, 0.2) is 41.1 Å². The van der Waals surface area contributed by atoms with Gasteiger partial charge < -0.3 is 10.1 Å². The number of nitrogens with zero attached hydrogens (tertiary/aromatic N) is 2. The van der Waals surface area contributed by atoms with E-state index in [1.54, 1.807) is 10.9 Å². The van der Waals surface area contributed by atoms with E-state index in [-0.39, 0.29) is 17.2 Å². The van der Waals surface area contributed by atoms with E-state index in [1.807, 2.05) is 6.20 Å². The van der Waals surface area contributed by atoms with Crippen LogP contribution >= 0.6 is 15.9 Å². The van der Waals surface area contributed by atoms with Crippen molar-refractivity contribution in [3.05, 3.63) is 46.7 Å². The number of alkyl halides is 3. The van der Waals surface area contributed by atoms with Crippen LogP contribution in [0.2, 0.25) is 0 Å². The molecule has 0 atom stereocenters. The van der Waals surface area contributed by atoms with Crippen molar-refractivity contribution >= 4 is 21.8 Å². The first-order valence-corrected chi connectivity index (χ1v) is 7.88. The summed E-state index contributed by atoms with van der Waals surface area (Å²) in [5, 5.41) is 6.80. The molecular weight excluding hydrogens is 391 g/mol. The number of aromatic nitrogens is 2. The van der Waals surface area contributed by atoms with Crippen LogP contribution in [0.25, 0.3) is 0 Å². The summed E-state index contributed by atoms with van der Waals surface area (Å²) in [6.07, 6.45) is -0.252. The lowest BCUT2D eigenvalue weighted by atomic mass is 10.2. The number of aryl methyl sites for hydroxylation is 1. The Morgan fingerprint density at radius 2 is 2.17 bits per heavy atom. The predicted octanol–water partition coefficient (Wildman–Crippen LogP) is 3.41. The zero-order valence-corrected chi connectivity index (χ0v) is 14.1. The summed E-state index contributed by atoms with van der Waals surface area (Å²) in [4.78, 5) is 12.0. The minimum absolute atomic E-state index is 0.00127. The Kier molecular flexibility index (Phi) is 6.24. The van der Waals surface area contributed by atoms with Gasteiger partial charge >= 0.3 is 6.18 Å². The zero-order chi connectivity index (χ0) is 17.6. The molecule has 0 fully saturated rings. The number of hydrogen-bond acceptors (Lipinski definition) is 3. The third kappa shape index (κ3) is 6.23. The van der Waals surface area contributed by atoms with Gasteiger partial charge in [0.05, 0.1) is 10.7 Å². The molecule has 2 rings (SSSR count). The maximum Gasteiger partial charge on any atom is 0.422 e. The van der Waals surface area contributed by atoms with Crippen molar-refractivity contribution in [3.63, 3.8) is 0 Å². The van der Waals surface area contributed by atoms with Gasteiger partial charge in [0.15, 0.2) is 6.61 Å². The third-order valence-electron chi connectivity index (χ3n) is 2.95. The smallest absolute Gasteiger partial charge is 0.422 e. The van der Waals surface area contributed by atoms with Gasteiger partial charge in [-0.05, 0) is 40.5 Å². The van der Waals surface area contributed by atoms with E-state index in [2.05, 4.69) is 31.1 Å². The summed E-state index contributed by atoms with van der Waals surface area (Å²) < 4.78 is 43.6. The fourth-order valence-electron chi connectivity index (χ4n) is 1.90. The lowest BCUT2D eigenvalue weighted by Gasteiger charge is -2.10. The third-order valence-corrected chi connectivity index (χ3v) is 3.36. The first kappa shape index (κ1) is 18.3. The minimum atomic E-state index is -4.42. The quantitative estimate of drug-likeness (QED) is 0.718. The molecule has 0 saturated carbocycles. The highest BCUT2D eigenvalue weighted by atomic mass is 79.9. The van der Waals surface area contributed by atoms with Gasteiger partial charge in [0.25, 0.3) is 5.91 Å². The molecule has 1 aromatic carbocycles. The number of hydrogen-bond donors (Lipinski definition) is 1. The number of ether oxygens (including phenoxy) is 1. The number of carbonyl (C=O) groups is 1. The van der Waals surface area contributed by atoms with Crippen molar-refractivity contribution in [2.24, 2.45) is 0 Å². The van der Waals surface area contributed by atoms with Gasteiger partial charge in [0.2, 0.25) is 0 Å². The molecule has 5 nitrogen and oxygen atoms in total. The lowest BCUT2D eigenvalue weighted by molar-refractivity contribution is -0.153. The summed E-state index contributed by atoms with van der Waals surface area (Å²) in [7, 11) is 0. The van der Waals surface area contributed by atoms with E-state index in [4.69, 9.17) is 0 Å². The molecule has 24 heavy (non-hydrogen) atoms. The Labute approximate surface area is 144 Å². The van der Waals surface area contributed by atoms with Gasteiger partial charge in [-0.1, -0.05) is 6.07 Å². The van der Waals surface area contributed by atoms with Crippen LogP contribution in [0, 0.1) is 0 Å². The average Bonchev–Trinajstić information content (AvgIpc) is 2.94. The van der Waals surface area contributed by atoms with Gasteiger partial charge in [-0.2, -0.15) is 18.3 Å². The molecule has 0 saturated heterocycles. The SMILES string of the molecule is O=C(NCCCn1cc(Br)cn1)c1cccc(OCC(F)(F)F)c1. The number of rotatable bonds is 7. The second-order valence-corrected chi connectivity index (χ2v) is 5.88. The van der Waals surface area contributed by atoms with E-state index in [0.717, 1.165) is 4.47 Å². The number of halogens is 4. The Morgan fingerprint density at radius 3 is 2.83 bits per heavy atom. The Balaban J connectivity index is 1.79. The fourth-order valence-corrected chi connectivity index (χ4v) is 2.23. The predicted molar refractivity (Wildman–Crippen MR) is 84.9 cm³/mol. The van der Waals surface area contributed by atoms with Gasteiger partial charge in [-0.15, -0.1) is 0 Å². The van der Waals surface area contributed by atoms with E-state index in [0.29, 0.717) is 19.5 Å². The van der Waals surface area contributed by atoms with Gasteiger partial charge in [0.1, 0.15) is 5.75 Å². The van der Waals surface area contributed by atoms with E-state index in [1.165, 1.54) is 24.3 Å². The van der Waals surface area contributed by atoms with Gasteiger partial charge in [0, 0.05) is 24.8 Å². The molecule has 0 spiro atoms. The normalized spacial score (nSPS) is 11.3. The van der Waals surface area contributed by atoms with E-state index < -0.39 is 12.8 Å². The Bertz CT molecular complexity index is 689. The summed E-state index contributed by atoms with van der Waals surface area (Å²) in [6.45, 7) is -0.331. The molecule has 0 bridgehead atoms. The first-order valence-electron chi connectivity index (χ1n) is 7.09. The summed E-state index contributed by atoms with van der Waals surface area (Å²) >= 11 is 3.29. The maximum absolute atomic E-state index is 12.1. The number of carbonyl (C=O) groups excluding carboxylic acids is 1. The van der Waals surface area contributed by atoms with Crippen molar-refractivity contribution in [1.29, 1.82) is 0 Å². The van der Waals surface area contributed by atoms with Gasteiger partial charge in [-0.25, -0.2) is 0 Å². The first-order chi connectivity index (χ1) is 11.3. The van der Waals surface area contributed by atoms with Crippen molar-refractivity contribution in [2.75, 3.05) is 13.2 Å². The van der Waals surface area contributed by atoms with Crippen LogP contribution in [0.4, 0.5) is 13.2 Å². The van der Waals surface area contributed by atoms with Crippen molar-refractivity contribution in [3.8, 4) is 5.75 Å². The van der Waals surface area contributed by atoms with Crippen LogP contribution in [-0.2, 0) is 6.54 Å². The Morgan fingerprint density at radius 1 is 1.38 bits per heavy atom. The van der Waals surface area contributed by atoms with E-state index >= 15 is 0 Å². The topological polar surface area (TPSA) is 56.2 Å². The second-order valence-electron chi connectivity index (χ2n) is 4.96. The van der Waals surface area contributed by atoms with Crippen molar-refractivity contribution in [1.82, 2.24) is 15.1 Å². The average molecular weight is 406 g/mol. The summed E-state index contributed by atoms with van der Waals surface area (Å²) in [5.74, 6) is -0.365. The fraction of sp³-hybridized carbons (Fsp3) is 0.333. The highest BCUT2D eigenvalue weighted by Crippen LogP contribution is 2.19. The lowest BCUT2D eigenvalue weighted by Crippen LogP contribution is -2.25. The molecular formula is C15H15BrF3N3O2. The van der Waals surface area contributed by atoms with Crippen molar-refractivity contribution in [2.45, 2.75) is 19.1 Å². The van der Waals surface area contributed by atoms with Crippen LogP contribution < -0.4 is 10.1 Å². The molecule has 0 aliphatic carbocycles. The van der Waals surface area contributed by atoms with Crippen molar-refractivity contribution < 1.29 is 22.7 Å². The van der Waals surface area contributed by atoms with Crippen LogP contribution in [-0.4, -0.2) is 35.0 Å². The largest absolute Gasteiger partial charge is 0.484 e.